The largest absolute Gasteiger partial charge is 0.454 e. The maximum absolute atomic E-state index is 11.7. The first-order chi connectivity index (χ1) is 10.1. The first-order valence-electron chi connectivity index (χ1n) is 6.86. The highest BCUT2D eigenvalue weighted by molar-refractivity contribution is 5.89. The van der Waals surface area contributed by atoms with Crippen molar-refractivity contribution in [2.75, 3.05) is 6.61 Å². The first kappa shape index (κ1) is 15.0. The second kappa shape index (κ2) is 6.88. The Labute approximate surface area is 122 Å². The van der Waals surface area contributed by atoms with Gasteiger partial charge in [-0.3, -0.25) is 9.59 Å². The molecule has 0 spiro atoms. The normalized spacial score (nSPS) is 18.7. The summed E-state index contributed by atoms with van der Waals surface area (Å²) >= 11 is 0. The molecule has 1 saturated heterocycles. The third-order valence-corrected chi connectivity index (χ3v) is 3.30. The van der Waals surface area contributed by atoms with Crippen molar-refractivity contribution in [2.24, 2.45) is 0 Å². The molecule has 1 aromatic carbocycles. The van der Waals surface area contributed by atoms with Crippen LogP contribution in [0.15, 0.2) is 30.3 Å². The number of esters is 1. The molecule has 0 radical (unpaired) electrons. The van der Waals surface area contributed by atoms with E-state index in [1.165, 1.54) is 0 Å². The fraction of sp³-hybridized carbons (Fsp3) is 0.400. The van der Waals surface area contributed by atoms with E-state index in [4.69, 9.17) is 4.74 Å². The molecule has 1 heterocycles. The summed E-state index contributed by atoms with van der Waals surface area (Å²) in [4.78, 5) is 34.4. The Bertz CT molecular complexity index is 530. The van der Waals surface area contributed by atoms with Crippen molar-refractivity contribution in [3.05, 3.63) is 35.9 Å². The molecule has 2 atom stereocenters. The molecule has 1 aliphatic rings. The minimum Gasteiger partial charge on any atom is -0.454 e. The van der Waals surface area contributed by atoms with E-state index >= 15 is 0 Å². The number of amides is 2. The molecule has 112 valence electrons. The van der Waals surface area contributed by atoms with Gasteiger partial charge >= 0.3 is 5.97 Å². The molecule has 0 unspecified atom stereocenters. The number of hydrogen-bond acceptors (Lipinski definition) is 4. The summed E-state index contributed by atoms with van der Waals surface area (Å²) in [5.74, 6) is -1.11. The van der Waals surface area contributed by atoms with Gasteiger partial charge in [-0.2, -0.15) is 0 Å². The fourth-order valence-corrected chi connectivity index (χ4v) is 2.14. The lowest BCUT2D eigenvalue weighted by atomic mass is 10.1. The van der Waals surface area contributed by atoms with E-state index in [2.05, 4.69) is 10.6 Å². The molecule has 0 aromatic heterocycles. The average molecular weight is 290 g/mol. The molecule has 1 fully saturated rings. The third-order valence-electron chi connectivity index (χ3n) is 3.30. The molecule has 1 aliphatic heterocycles. The third kappa shape index (κ3) is 4.30. The molecule has 0 saturated carbocycles. The molecule has 2 rings (SSSR count). The van der Waals surface area contributed by atoms with Crippen LogP contribution in [0.25, 0.3) is 0 Å². The van der Waals surface area contributed by atoms with Crippen LogP contribution in [0.2, 0.25) is 0 Å². The van der Waals surface area contributed by atoms with Gasteiger partial charge in [0.05, 0.1) is 6.04 Å². The molecule has 0 aliphatic carbocycles. The summed E-state index contributed by atoms with van der Waals surface area (Å²) in [5, 5.41) is 5.25. The summed E-state index contributed by atoms with van der Waals surface area (Å²) < 4.78 is 4.91. The lowest BCUT2D eigenvalue weighted by Crippen LogP contribution is -2.37. The van der Waals surface area contributed by atoms with E-state index < -0.39 is 12.0 Å². The van der Waals surface area contributed by atoms with Gasteiger partial charge in [0, 0.05) is 6.42 Å². The number of rotatable bonds is 5. The van der Waals surface area contributed by atoms with Crippen LogP contribution < -0.4 is 10.6 Å². The van der Waals surface area contributed by atoms with Crippen LogP contribution >= 0.6 is 0 Å². The van der Waals surface area contributed by atoms with Gasteiger partial charge in [-0.15, -0.1) is 0 Å². The average Bonchev–Trinajstić information content (AvgIpc) is 2.92. The zero-order valence-corrected chi connectivity index (χ0v) is 11.8. The van der Waals surface area contributed by atoms with Gasteiger partial charge < -0.3 is 15.4 Å². The smallest absolute Gasteiger partial charge is 0.329 e. The van der Waals surface area contributed by atoms with Crippen LogP contribution in [0.1, 0.15) is 31.4 Å². The summed E-state index contributed by atoms with van der Waals surface area (Å²) in [6, 6.07) is 8.70. The summed E-state index contributed by atoms with van der Waals surface area (Å²) in [7, 11) is 0. The quantitative estimate of drug-likeness (QED) is 0.781. The topological polar surface area (TPSA) is 84.5 Å². The highest BCUT2D eigenvalue weighted by Gasteiger charge is 2.28. The number of carbonyl (C=O) groups excluding carboxylic acids is 3. The van der Waals surface area contributed by atoms with Crippen molar-refractivity contribution in [1.82, 2.24) is 10.6 Å². The Balaban J connectivity index is 1.75. The van der Waals surface area contributed by atoms with Gasteiger partial charge in [0.15, 0.2) is 6.61 Å². The number of carbonyl (C=O) groups is 3. The standard InChI is InChI=1S/C15H18N2O4/c1-10(11-5-3-2-4-6-11)16-14(19)9-21-15(20)12-7-8-13(18)17-12/h2-6,10,12H,7-9H2,1H3,(H,16,19)(H,17,18)/t10-,12+/m1/s1. The number of hydrogen-bond donors (Lipinski definition) is 2. The minimum atomic E-state index is -0.628. The van der Waals surface area contributed by atoms with Crippen molar-refractivity contribution in [1.29, 1.82) is 0 Å². The van der Waals surface area contributed by atoms with Crippen molar-refractivity contribution in [3.8, 4) is 0 Å². The van der Waals surface area contributed by atoms with E-state index in [-0.39, 0.29) is 24.5 Å². The Morgan fingerprint density at radius 3 is 2.71 bits per heavy atom. The van der Waals surface area contributed by atoms with Crippen LogP contribution in [-0.4, -0.2) is 30.4 Å². The zero-order valence-electron chi connectivity index (χ0n) is 11.8. The van der Waals surface area contributed by atoms with Crippen LogP contribution in [0.3, 0.4) is 0 Å². The monoisotopic (exact) mass is 290 g/mol. The van der Waals surface area contributed by atoms with Gasteiger partial charge in [0.2, 0.25) is 5.91 Å². The molecule has 2 amide bonds. The van der Waals surface area contributed by atoms with E-state index in [1.54, 1.807) is 0 Å². The van der Waals surface area contributed by atoms with E-state index in [9.17, 15) is 14.4 Å². The number of ether oxygens (including phenoxy) is 1. The summed E-state index contributed by atoms with van der Waals surface area (Å²) in [6.45, 7) is 1.51. The lowest BCUT2D eigenvalue weighted by molar-refractivity contribution is -0.150. The van der Waals surface area contributed by atoms with E-state index in [0.29, 0.717) is 12.8 Å². The number of nitrogens with one attached hydrogen (secondary N) is 2. The van der Waals surface area contributed by atoms with Gasteiger partial charge in [0.1, 0.15) is 6.04 Å². The second-order valence-electron chi connectivity index (χ2n) is 4.97. The summed E-state index contributed by atoms with van der Waals surface area (Å²) in [5.41, 5.74) is 0.972. The Morgan fingerprint density at radius 1 is 1.38 bits per heavy atom. The summed E-state index contributed by atoms with van der Waals surface area (Å²) in [6.07, 6.45) is 0.733. The molecule has 0 bridgehead atoms. The van der Waals surface area contributed by atoms with Crippen LogP contribution in [-0.2, 0) is 19.1 Å². The lowest BCUT2D eigenvalue weighted by Gasteiger charge is -2.15. The first-order valence-corrected chi connectivity index (χ1v) is 6.86. The van der Waals surface area contributed by atoms with Crippen molar-refractivity contribution in [2.45, 2.75) is 31.8 Å². The van der Waals surface area contributed by atoms with Crippen molar-refractivity contribution >= 4 is 17.8 Å². The fourth-order valence-electron chi connectivity index (χ4n) is 2.14. The molecule has 21 heavy (non-hydrogen) atoms. The Morgan fingerprint density at radius 2 is 2.10 bits per heavy atom. The highest BCUT2D eigenvalue weighted by Crippen LogP contribution is 2.11. The van der Waals surface area contributed by atoms with Crippen LogP contribution in [0, 0.1) is 0 Å². The van der Waals surface area contributed by atoms with Gasteiger partial charge in [-0.05, 0) is 18.9 Å². The Kier molecular flexibility index (Phi) is 4.92. The van der Waals surface area contributed by atoms with Crippen LogP contribution in [0.4, 0.5) is 0 Å². The maximum atomic E-state index is 11.7. The minimum absolute atomic E-state index is 0.163. The SMILES string of the molecule is C[C@@H](NC(=O)COC(=O)[C@@H]1CCC(=O)N1)c1ccccc1. The molecule has 6 heteroatoms. The van der Waals surface area contributed by atoms with Gasteiger partial charge in [0.25, 0.3) is 5.91 Å². The number of benzene rings is 1. The molecule has 2 N–H and O–H groups in total. The predicted molar refractivity (Wildman–Crippen MR) is 75.1 cm³/mol. The van der Waals surface area contributed by atoms with Gasteiger partial charge in [-0.25, -0.2) is 4.79 Å². The highest BCUT2D eigenvalue weighted by atomic mass is 16.5. The second-order valence-corrected chi connectivity index (χ2v) is 4.97. The van der Waals surface area contributed by atoms with Crippen molar-refractivity contribution < 1.29 is 19.1 Å². The molecular weight excluding hydrogens is 272 g/mol. The zero-order chi connectivity index (χ0) is 15.2. The van der Waals surface area contributed by atoms with E-state index in [1.807, 2.05) is 37.3 Å². The molecule has 6 nitrogen and oxygen atoms in total. The Hall–Kier alpha value is -2.37. The van der Waals surface area contributed by atoms with Crippen molar-refractivity contribution in [3.63, 3.8) is 0 Å². The van der Waals surface area contributed by atoms with Gasteiger partial charge in [-0.1, -0.05) is 30.3 Å². The predicted octanol–water partition coefficient (Wildman–Crippen LogP) is 0.686. The van der Waals surface area contributed by atoms with Crippen LogP contribution in [0.5, 0.6) is 0 Å². The molecular formula is C15H18N2O4. The molecule has 1 aromatic rings. The van der Waals surface area contributed by atoms with E-state index in [0.717, 1.165) is 5.56 Å². The maximum Gasteiger partial charge on any atom is 0.329 e.